The zero-order chi connectivity index (χ0) is 9.40. The van der Waals surface area contributed by atoms with Gasteiger partial charge in [-0.1, -0.05) is 27.2 Å². The molecule has 1 saturated heterocycles. The van der Waals surface area contributed by atoms with E-state index in [1.807, 2.05) is 6.92 Å². The molecule has 0 radical (unpaired) electrons. The van der Waals surface area contributed by atoms with Crippen molar-refractivity contribution in [2.45, 2.75) is 40.0 Å². The lowest BCUT2D eigenvalue weighted by molar-refractivity contribution is -0.121. The van der Waals surface area contributed by atoms with E-state index < -0.39 is 0 Å². The van der Waals surface area contributed by atoms with E-state index in [4.69, 9.17) is 0 Å². The molecule has 0 aliphatic carbocycles. The average molecular weight is 171 g/mol. The third-order valence-electron chi connectivity index (χ3n) is 1.86. The van der Waals surface area contributed by atoms with Crippen molar-refractivity contribution in [3.05, 3.63) is 0 Å². The van der Waals surface area contributed by atoms with Gasteiger partial charge in [0.25, 0.3) is 0 Å². The molecule has 1 rings (SSSR count). The van der Waals surface area contributed by atoms with Gasteiger partial charge in [-0.25, -0.2) is 0 Å². The summed E-state index contributed by atoms with van der Waals surface area (Å²) in [6.45, 7) is 8.11. The maximum atomic E-state index is 11.0. The van der Waals surface area contributed by atoms with Gasteiger partial charge in [-0.2, -0.15) is 0 Å². The molecule has 0 aromatic carbocycles. The van der Waals surface area contributed by atoms with Crippen LogP contribution in [0.2, 0.25) is 0 Å². The van der Waals surface area contributed by atoms with E-state index in [0.717, 1.165) is 19.5 Å². The minimum absolute atomic E-state index is 0.329. The second kappa shape index (κ2) is 7.29. The van der Waals surface area contributed by atoms with Gasteiger partial charge in [-0.15, -0.1) is 0 Å². The number of hydrogen-bond donors (Lipinski definition) is 1. The fraction of sp³-hybridized carbons (Fsp3) is 0.900. The van der Waals surface area contributed by atoms with Crippen molar-refractivity contribution in [2.75, 3.05) is 13.1 Å². The van der Waals surface area contributed by atoms with E-state index in [2.05, 4.69) is 19.2 Å². The fourth-order valence-corrected chi connectivity index (χ4v) is 1.22. The van der Waals surface area contributed by atoms with Crippen molar-refractivity contribution in [2.24, 2.45) is 5.92 Å². The zero-order valence-corrected chi connectivity index (χ0v) is 8.52. The first kappa shape index (κ1) is 11.6. The zero-order valence-electron chi connectivity index (χ0n) is 8.52. The summed E-state index contributed by atoms with van der Waals surface area (Å²) >= 11 is 0. The van der Waals surface area contributed by atoms with Crippen LogP contribution in [-0.2, 0) is 4.79 Å². The Kier molecular flexibility index (Phi) is 7.06. The molecule has 0 aromatic rings. The monoisotopic (exact) mass is 171 g/mol. The molecule has 1 atom stereocenters. The van der Waals surface area contributed by atoms with Crippen molar-refractivity contribution in [1.82, 2.24) is 5.32 Å². The predicted octanol–water partition coefficient (Wildman–Crippen LogP) is 1.99. The number of nitrogens with one attached hydrogen (secondary N) is 1. The second-order valence-corrected chi connectivity index (χ2v) is 3.22. The summed E-state index contributed by atoms with van der Waals surface area (Å²) in [6.07, 6.45) is 3.00. The Balaban J connectivity index is 0.000000354. The van der Waals surface area contributed by atoms with Crippen LogP contribution >= 0.6 is 0 Å². The SMILES string of the molecule is CCC.CCC(=O)C1CCNC1. The lowest BCUT2D eigenvalue weighted by Crippen LogP contribution is -2.16. The summed E-state index contributed by atoms with van der Waals surface area (Å²) in [4.78, 5) is 11.0. The van der Waals surface area contributed by atoms with E-state index in [0.29, 0.717) is 18.1 Å². The molecule has 1 N–H and O–H groups in total. The third-order valence-corrected chi connectivity index (χ3v) is 1.86. The van der Waals surface area contributed by atoms with Crippen LogP contribution in [0.3, 0.4) is 0 Å². The van der Waals surface area contributed by atoms with Crippen LogP contribution in [0, 0.1) is 5.92 Å². The second-order valence-electron chi connectivity index (χ2n) is 3.22. The highest BCUT2D eigenvalue weighted by atomic mass is 16.1. The van der Waals surface area contributed by atoms with Gasteiger partial charge in [0.05, 0.1) is 0 Å². The van der Waals surface area contributed by atoms with Gasteiger partial charge in [0.15, 0.2) is 0 Å². The van der Waals surface area contributed by atoms with Crippen LogP contribution in [0.5, 0.6) is 0 Å². The molecule has 0 amide bonds. The number of rotatable bonds is 2. The van der Waals surface area contributed by atoms with Gasteiger partial charge in [-0.05, 0) is 13.0 Å². The maximum absolute atomic E-state index is 11.0. The molecule has 0 aromatic heterocycles. The van der Waals surface area contributed by atoms with E-state index in [9.17, 15) is 4.79 Å². The van der Waals surface area contributed by atoms with E-state index in [-0.39, 0.29) is 0 Å². The summed E-state index contributed by atoms with van der Waals surface area (Å²) in [5, 5.41) is 3.17. The number of carbonyl (C=O) groups excluding carboxylic acids is 1. The van der Waals surface area contributed by atoms with Crippen LogP contribution in [-0.4, -0.2) is 18.9 Å². The highest BCUT2D eigenvalue weighted by molar-refractivity contribution is 5.81. The third kappa shape index (κ3) is 4.50. The van der Waals surface area contributed by atoms with Gasteiger partial charge in [0.2, 0.25) is 0 Å². The molecule has 2 heteroatoms. The topological polar surface area (TPSA) is 29.1 Å². The normalized spacial score (nSPS) is 21.4. The largest absolute Gasteiger partial charge is 0.316 e. The maximum Gasteiger partial charge on any atom is 0.137 e. The van der Waals surface area contributed by atoms with Gasteiger partial charge < -0.3 is 5.32 Å². The summed E-state index contributed by atoms with van der Waals surface area (Å²) in [6, 6.07) is 0. The Morgan fingerprint density at radius 3 is 2.33 bits per heavy atom. The molecule has 12 heavy (non-hydrogen) atoms. The van der Waals surface area contributed by atoms with Crippen LogP contribution in [0.4, 0.5) is 0 Å². The minimum atomic E-state index is 0.329. The molecule has 0 saturated carbocycles. The number of Topliss-reactive ketones (excluding diaryl/α,β-unsaturated/α-hetero) is 1. The molecular formula is C10H21NO. The number of ketones is 1. The molecule has 72 valence electrons. The molecule has 1 fully saturated rings. The highest BCUT2D eigenvalue weighted by Crippen LogP contribution is 2.09. The summed E-state index contributed by atoms with van der Waals surface area (Å²) in [5.41, 5.74) is 0. The Hall–Kier alpha value is -0.370. The van der Waals surface area contributed by atoms with Crippen LogP contribution < -0.4 is 5.32 Å². The lowest BCUT2D eigenvalue weighted by atomic mass is 10.0. The van der Waals surface area contributed by atoms with Crippen LogP contribution in [0.1, 0.15) is 40.0 Å². The van der Waals surface area contributed by atoms with Crippen LogP contribution in [0.15, 0.2) is 0 Å². The molecule has 1 unspecified atom stereocenters. The standard InChI is InChI=1S/C7H13NO.C3H8/c1-2-7(9)6-3-4-8-5-6;1-3-2/h6,8H,2-5H2,1H3;3H2,1-2H3. The molecule has 1 aliphatic heterocycles. The first-order valence-corrected chi connectivity index (χ1v) is 4.99. The molecule has 0 bridgehead atoms. The van der Waals surface area contributed by atoms with Crippen molar-refractivity contribution in [3.63, 3.8) is 0 Å². The van der Waals surface area contributed by atoms with Gasteiger partial charge in [0.1, 0.15) is 5.78 Å². The smallest absolute Gasteiger partial charge is 0.137 e. The van der Waals surface area contributed by atoms with E-state index >= 15 is 0 Å². The summed E-state index contributed by atoms with van der Waals surface area (Å²) in [5.74, 6) is 0.745. The van der Waals surface area contributed by atoms with Crippen molar-refractivity contribution in [3.8, 4) is 0 Å². The minimum Gasteiger partial charge on any atom is -0.316 e. The van der Waals surface area contributed by atoms with Gasteiger partial charge in [-0.3, -0.25) is 4.79 Å². The average Bonchev–Trinajstić information content (AvgIpc) is 2.56. The molecule has 0 spiro atoms. The van der Waals surface area contributed by atoms with Crippen molar-refractivity contribution in [1.29, 1.82) is 0 Å². The van der Waals surface area contributed by atoms with Gasteiger partial charge in [0, 0.05) is 18.9 Å². The Labute approximate surface area is 75.7 Å². The highest BCUT2D eigenvalue weighted by Gasteiger charge is 2.19. The van der Waals surface area contributed by atoms with Crippen molar-refractivity contribution < 1.29 is 4.79 Å². The summed E-state index contributed by atoms with van der Waals surface area (Å²) < 4.78 is 0. The van der Waals surface area contributed by atoms with Gasteiger partial charge >= 0.3 is 0 Å². The van der Waals surface area contributed by atoms with Crippen molar-refractivity contribution >= 4 is 5.78 Å². The van der Waals surface area contributed by atoms with E-state index in [1.165, 1.54) is 6.42 Å². The van der Waals surface area contributed by atoms with E-state index in [1.54, 1.807) is 0 Å². The molecule has 1 heterocycles. The number of carbonyl (C=O) groups is 1. The first-order chi connectivity index (χ1) is 5.76. The molecule has 2 nitrogen and oxygen atoms in total. The number of hydrogen-bond acceptors (Lipinski definition) is 2. The fourth-order valence-electron chi connectivity index (χ4n) is 1.22. The predicted molar refractivity (Wildman–Crippen MR) is 52.2 cm³/mol. The Morgan fingerprint density at radius 1 is 1.42 bits per heavy atom. The Bertz CT molecular complexity index is 117. The van der Waals surface area contributed by atoms with Crippen LogP contribution in [0.25, 0.3) is 0 Å². The summed E-state index contributed by atoms with van der Waals surface area (Å²) in [7, 11) is 0. The molecular weight excluding hydrogens is 150 g/mol. The quantitative estimate of drug-likeness (QED) is 0.688. The Morgan fingerprint density at radius 2 is 2.00 bits per heavy atom. The first-order valence-electron chi connectivity index (χ1n) is 4.99. The molecule has 1 aliphatic rings. The lowest BCUT2D eigenvalue weighted by Gasteiger charge is -2.02.